The molecule has 0 aromatic heterocycles. The van der Waals surface area contributed by atoms with Crippen LogP contribution in [0.2, 0.25) is 0 Å². The summed E-state index contributed by atoms with van der Waals surface area (Å²) in [5, 5.41) is 0. The van der Waals surface area contributed by atoms with Gasteiger partial charge in [-0.2, -0.15) is 0 Å². The largest absolute Gasteiger partial charge is 0.491 e. The molecule has 1 fully saturated rings. The zero-order chi connectivity index (χ0) is 15.3. The monoisotopic (exact) mass is 289 g/mol. The molecule has 2 heteroatoms. The lowest BCUT2D eigenvalue weighted by molar-refractivity contribution is 0.241. The van der Waals surface area contributed by atoms with E-state index in [0.29, 0.717) is 0 Å². The van der Waals surface area contributed by atoms with Crippen molar-refractivity contribution in [2.45, 2.75) is 77.4 Å². The van der Waals surface area contributed by atoms with Crippen LogP contribution in [0.1, 0.15) is 71.3 Å². The van der Waals surface area contributed by atoms with Gasteiger partial charge in [0, 0.05) is 5.54 Å². The molecule has 1 aromatic rings. The van der Waals surface area contributed by atoms with Gasteiger partial charge in [0.2, 0.25) is 0 Å². The van der Waals surface area contributed by atoms with Crippen LogP contribution in [0.4, 0.5) is 0 Å². The van der Waals surface area contributed by atoms with Crippen molar-refractivity contribution in [3.05, 3.63) is 29.8 Å². The van der Waals surface area contributed by atoms with E-state index in [-0.39, 0.29) is 11.6 Å². The van der Waals surface area contributed by atoms with Crippen LogP contribution in [-0.4, -0.2) is 6.10 Å². The second-order valence-electron chi connectivity index (χ2n) is 6.94. The summed E-state index contributed by atoms with van der Waals surface area (Å²) < 4.78 is 5.83. The smallest absolute Gasteiger partial charge is 0.120 e. The van der Waals surface area contributed by atoms with Crippen molar-refractivity contribution < 1.29 is 4.74 Å². The average molecular weight is 289 g/mol. The van der Waals surface area contributed by atoms with Gasteiger partial charge >= 0.3 is 0 Å². The predicted octanol–water partition coefficient (Wildman–Crippen LogP) is 5.01. The van der Waals surface area contributed by atoms with Crippen LogP contribution in [0.5, 0.6) is 5.75 Å². The van der Waals surface area contributed by atoms with Crippen molar-refractivity contribution in [2.24, 2.45) is 11.7 Å². The third-order valence-corrected chi connectivity index (χ3v) is 4.71. The van der Waals surface area contributed by atoms with Crippen LogP contribution in [0.15, 0.2) is 24.3 Å². The standard InChI is InChI=1S/C19H31NO/c1-4-7-16-8-6-12-19(20,13-11-16)17-9-5-10-18(14-17)21-15(2)3/h5,9-10,14-16H,4,6-8,11-13,20H2,1-3H3. The summed E-state index contributed by atoms with van der Waals surface area (Å²) in [6.07, 6.45) is 8.90. The third-order valence-electron chi connectivity index (χ3n) is 4.71. The van der Waals surface area contributed by atoms with Gasteiger partial charge in [-0.25, -0.2) is 0 Å². The summed E-state index contributed by atoms with van der Waals surface area (Å²) >= 11 is 0. The van der Waals surface area contributed by atoms with Crippen LogP contribution < -0.4 is 10.5 Å². The summed E-state index contributed by atoms with van der Waals surface area (Å²) in [4.78, 5) is 0. The van der Waals surface area contributed by atoms with Gasteiger partial charge in [-0.3, -0.25) is 0 Å². The van der Waals surface area contributed by atoms with Crippen LogP contribution in [0.3, 0.4) is 0 Å². The summed E-state index contributed by atoms with van der Waals surface area (Å²) in [5.74, 6) is 1.82. The summed E-state index contributed by atoms with van der Waals surface area (Å²) in [5.41, 5.74) is 7.86. The minimum absolute atomic E-state index is 0.168. The van der Waals surface area contributed by atoms with E-state index < -0.39 is 0 Å². The molecule has 2 unspecified atom stereocenters. The number of benzene rings is 1. The number of hydrogen-bond acceptors (Lipinski definition) is 2. The summed E-state index contributed by atoms with van der Waals surface area (Å²) in [6, 6.07) is 8.44. The summed E-state index contributed by atoms with van der Waals surface area (Å²) in [7, 11) is 0. The van der Waals surface area contributed by atoms with Crippen molar-refractivity contribution in [1.82, 2.24) is 0 Å². The molecular weight excluding hydrogens is 258 g/mol. The van der Waals surface area contributed by atoms with E-state index >= 15 is 0 Å². The molecule has 0 saturated heterocycles. The lowest BCUT2D eigenvalue weighted by Crippen LogP contribution is -2.36. The fourth-order valence-electron chi connectivity index (χ4n) is 3.57. The minimum Gasteiger partial charge on any atom is -0.491 e. The highest BCUT2D eigenvalue weighted by Crippen LogP contribution is 2.38. The Morgan fingerprint density at radius 1 is 1.29 bits per heavy atom. The molecular formula is C19H31NO. The van der Waals surface area contributed by atoms with Gasteiger partial charge in [-0.15, -0.1) is 0 Å². The van der Waals surface area contributed by atoms with Crippen LogP contribution >= 0.6 is 0 Å². The van der Waals surface area contributed by atoms with Crippen molar-refractivity contribution in [2.75, 3.05) is 0 Å². The van der Waals surface area contributed by atoms with E-state index in [4.69, 9.17) is 10.5 Å². The minimum atomic E-state index is -0.168. The number of rotatable bonds is 5. The van der Waals surface area contributed by atoms with Gasteiger partial charge < -0.3 is 10.5 Å². The zero-order valence-electron chi connectivity index (χ0n) is 13.9. The normalized spacial score (nSPS) is 26.6. The molecule has 1 aliphatic rings. The van der Waals surface area contributed by atoms with Gasteiger partial charge in [0.05, 0.1) is 6.10 Å². The average Bonchev–Trinajstić information content (AvgIpc) is 2.62. The SMILES string of the molecule is CCCC1CCCC(N)(c2cccc(OC(C)C)c2)CC1. The number of ether oxygens (including phenoxy) is 1. The van der Waals surface area contributed by atoms with Gasteiger partial charge in [0.15, 0.2) is 0 Å². The van der Waals surface area contributed by atoms with Gasteiger partial charge in [-0.05, 0) is 56.7 Å². The van der Waals surface area contributed by atoms with Crippen LogP contribution in [0, 0.1) is 5.92 Å². The molecule has 0 radical (unpaired) electrons. The van der Waals surface area contributed by atoms with E-state index in [2.05, 4.69) is 39.0 Å². The molecule has 1 aliphatic carbocycles. The Labute approximate surface area is 130 Å². The Hall–Kier alpha value is -1.02. The second kappa shape index (κ2) is 7.31. The Kier molecular flexibility index (Phi) is 5.69. The Morgan fingerprint density at radius 3 is 2.81 bits per heavy atom. The molecule has 2 atom stereocenters. The first kappa shape index (κ1) is 16.4. The fourth-order valence-corrected chi connectivity index (χ4v) is 3.57. The molecule has 0 heterocycles. The molecule has 2 N–H and O–H groups in total. The summed E-state index contributed by atoms with van der Waals surface area (Å²) in [6.45, 7) is 6.41. The van der Waals surface area contributed by atoms with Crippen molar-refractivity contribution >= 4 is 0 Å². The first-order chi connectivity index (χ1) is 10.0. The van der Waals surface area contributed by atoms with Gasteiger partial charge in [-0.1, -0.05) is 44.7 Å². The molecule has 0 aliphatic heterocycles. The Morgan fingerprint density at radius 2 is 2.10 bits per heavy atom. The molecule has 0 bridgehead atoms. The maximum Gasteiger partial charge on any atom is 0.120 e. The van der Waals surface area contributed by atoms with E-state index in [1.165, 1.54) is 37.7 Å². The van der Waals surface area contributed by atoms with Crippen molar-refractivity contribution in [1.29, 1.82) is 0 Å². The van der Waals surface area contributed by atoms with E-state index in [0.717, 1.165) is 24.5 Å². The topological polar surface area (TPSA) is 35.2 Å². The van der Waals surface area contributed by atoms with Crippen LogP contribution in [0.25, 0.3) is 0 Å². The lowest BCUT2D eigenvalue weighted by atomic mass is 9.83. The van der Waals surface area contributed by atoms with E-state index in [9.17, 15) is 0 Å². The molecule has 2 nitrogen and oxygen atoms in total. The number of nitrogens with two attached hydrogens (primary N) is 1. The molecule has 21 heavy (non-hydrogen) atoms. The first-order valence-electron chi connectivity index (χ1n) is 8.59. The fraction of sp³-hybridized carbons (Fsp3) is 0.684. The predicted molar refractivity (Wildman–Crippen MR) is 89.6 cm³/mol. The highest BCUT2D eigenvalue weighted by atomic mass is 16.5. The third kappa shape index (κ3) is 4.47. The molecule has 1 saturated carbocycles. The van der Waals surface area contributed by atoms with Crippen molar-refractivity contribution in [3.8, 4) is 5.75 Å². The number of hydrogen-bond donors (Lipinski definition) is 1. The molecule has 0 spiro atoms. The quantitative estimate of drug-likeness (QED) is 0.773. The van der Waals surface area contributed by atoms with E-state index in [1.54, 1.807) is 0 Å². The Balaban J connectivity index is 2.12. The maximum absolute atomic E-state index is 6.78. The second-order valence-corrected chi connectivity index (χ2v) is 6.94. The van der Waals surface area contributed by atoms with Gasteiger partial charge in [0.1, 0.15) is 5.75 Å². The molecule has 118 valence electrons. The zero-order valence-corrected chi connectivity index (χ0v) is 13.9. The molecule has 1 aromatic carbocycles. The van der Waals surface area contributed by atoms with Crippen LogP contribution in [-0.2, 0) is 5.54 Å². The molecule has 2 rings (SSSR count). The highest BCUT2D eigenvalue weighted by molar-refractivity contribution is 5.33. The lowest BCUT2D eigenvalue weighted by Gasteiger charge is -2.29. The van der Waals surface area contributed by atoms with E-state index in [1.807, 2.05) is 6.07 Å². The highest BCUT2D eigenvalue weighted by Gasteiger charge is 2.31. The first-order valence-corrected chi connectivity index (χ1v) is 8.59. The molecule has 0 amide bonds. The van der Waals surface area contributed by atoms with Gasteiger partial charge in [0.25, 0.3) is 0 Å². The Bertz CT molecular complexity index is 443. The maximum atomic E-state index is 6.78. The van der Waals surface area contributed by atoms with Crippen molar-refractivity contribution in [3.63, 3.8) is 0 Å².